The lowest BCUT2D eigenvalue weighted by molar-refractivity contribution is -0.385. The summed E-state index contributed by atoms with van der Waals surface area (Å²) in [5, 5.41) is 10.5. The molecular formula is C14H11ClF3N3O5S. The Morgan fingerprint density at radius 3 is 2.59 bits per heavy atom. The van der Waals surface area contributed by atoms with Gasteiger partial charge in [0.25, 0.3) is 17.5 Å². The molecule has 0 aliphatic heterocycles. The van der Waals surface area contributed by atoms with E-state index in [0.717, 1.165) is 18.2 Å². The number of sulfonamides is 1. The van der Waals surface area contributed by atoms with Gasteiger partial charge in [-0.25, -0.2) is 21.9 Å². The van der Waals surface area contributed by atoms with Crippen LogP contribution in [0.15, 0.2) is 29.2 Å². The van der Waals surface area contributed by atoms with Crippen molar-refractivity contribution in [2.75, 3.05) is 13.2 Å². The molecule has 2 rings (SSSR count). The molecule has 13 heteroatoms. The summed E-state index contributed by atoms with van der Waals surface area (Å²) in [5.74, 6) is -4.98. The number of ether oxygens (including phenoxy) is 1. The third-order valence-corrected chi connectivity index (χ3v) is 5.06. The van der Waals surface area contributed by atoms with E-state index in [1.165, 1.54) is 0 Å². The Balaban J connectivity index is 1.94. The molecule has 0 radical (unpaired) electrons. The lowest BCUT2D eigenvalue weighted by Gasteiger charge is -2.09. The van der Waals surface area contributed by atoms with Crippen molar-refractivity contribution in [3.8, 4) is 5.88 Å². The maximum absolute atomic E-state index is 13.3. The molecule has 0 saturated heterocycles. The van der Waals surface area contributed by atoms with Gasteiger partial charge >= 0.3 is 0 Å². The monoisotopic (exact) mass is 425 g/mol. The summed E-state index contributed by atoms with van der Waals surface area (Å²) in [6, 6.07) is 3.21. The van der Waals surface area contributed by atoms with Crippen molar-refractivity contribution < 1.29 is 31.2 Å². The summed E-state index contributed by atoms with van der Waals surface area (Å²) < 4.78 is 70.3. The summed E-state index contributed by atoms with van der Waals surface area (Å²) in [6.07, 6.45) is 0.00584. The summed E-state index contributed by atoms with van der Waals surface area (Å²) in [6.45, 7) is -0.465. The summed E-state index contributed by atoms with van der Waals surface area (Å²) in [5.41, 5.74) is -0.456. The fraction of sp³-hybridized carbons (Fsp3) is 0.214. The van der Waals surface area contributed by atoms with Crippen LogP contribution < -0.4 is 9.46 Å². The highest BCUT2D eigenvalue weighted by atomic mass is 35.5. The number of nitro benzene ring substituents is 1. The van der Waals surface area contributed by atoms with E-state index >= 15 is 0 Å². The second-order valence-corrected chi connectivity index (χ2v) is 7.16. The zero-order valence-corrected chi connectivity index (χ0v) is 14.9. The lowest BCUT2D eigenvalue weighted by Crippen LogP contribution is -2.26. The molecule has 0 bridgehead atoms. The van der Waals surface area contributed by atoms with Gasteiger partial charge in [0.2, 0.25) is 10.0 Å². The van der Waals surface area contributed by atoms with Gasteiger partial charge in [0.05, 0.1) is 16.6 Å². The van der Waals surface area contributed by atoms with Crippen molar-refractivity contribution in [1.29, 1.82) is 0 Å². The Kier molecular flexibility index (Phi) is 6.57. The highest BCUT2D eigenvalue weighted by molar-refractivity contribution is 7.89. The number of rotatable bonds is 8. The maximum Gasteiger partial charge on any atom is 0.270 e. The normalized spacial score (nSPS) is 11.4. The first-order valence-electron chi connectivity index (χ1n) is 7.20. The van der Waals surface area contributed by atoms with E-state index in [4.69, 9.17) is 16.3 Å². The predicted molar refractivity (Wildman–Crippen MR) is 87.5 cm³/mol. The molecule has 8 nitrogen and oxygen atoms in total. The first-order chi connectivity index (χ1) is 12.6. The second kappa shape index (κ2) is 8.50. The zero-order chi connectivity index (χ0) is 20.2. The van der Waals surface area contributed by atoms with Gasteiger partial charge in [0.15, 0.2) is 11.6 Å². The number of aromatic nitrogens is 1. The Labute approximate surface area is 156 Å². The summed E-state index contributed by atoms with van der Waals surface area (Å²) in [7, 11) is -4.15. The van der Waals surface area contributed by atoms with E-state index < -0.39 is 49.0 Å². The van der Waals surface area contributed by atoms with Crippen molar-refractivity contribution in [3.05, 3.63) is 57.0 Å². The van der Waals surface area contributed by atoms with Gasteiger partial charge in [-0.1, -0.05) is 11.6 Å². The van der Waals surface area contributed by atoms with E-state index in [1.54, 1.807) is 0 Å². The average molecular weight is 426 g/mol. The van der Waals surface area contributed by atoms with E-state index in [2.05, 4.69) is 9.71 Å². The molecule has 0 amide bonds. The van der Waals surface area contributed by atoms with Crippen LogP contribution in [0, 0.1) is 27.7 Å². The van der Waals surface area contributed by atoms with Gasteiger partial charge in [0.1, 0.15) is 4.90 Å². The van der Waals surface area contributed by atoms with Crippen molar-refractivity contribution in [2.45, 2.75) is 11.3 Å². The molecule has 1 aromatic carbocycles. The molecule has 0 aliphatic rings. The molecule has 0 saturated carbocycles. The SMILES string of the molecule is O=[N+]([O-])c1ccc(Cl)c(S(=O)(=O)NCCCOc2nc(F)c(F)cc2F)c1. The topological polar surface area (TPSA) is 111 Å². The quantitative estimate of drug-likeness (QED) is 0.301. The third-order valence-electron chi connectivity index (χ3n) is 3.12. The maximum atomic E-state index is 13.3. The third kappa shape index (κ3) is 5.28. The molecule has 0 unspecified atom stereocenters. The van der Waals surface area contributed by atoms with Gasteiger partial charge in [-0.05, 0) is 12.5 Å². The van der Waals surface area contributed by atoms with Crippen LogP contribution in [-0.2, 0) is 10.0 Å². The number of non-ortho nitro benzene ring substituents is 1. The molecular weight excluding hydrogens is 415 g/mol. The number of hydrogen-bond acceptors (Lipinski definition) is 6. The minimum atomic E-state index is -4.15. The second-order valence-electron chi connectivity index (χ2n) is 5.02. The number of halogens is 4. The van der Waals surface area contributed by atoms with Crippen LogP contribution in [0.25, 0.3) is 0 Å². The number of nitro groups is 1. The zero-order valence-electron chi connectivity index (χ0n) is 13.3. The molecule has 0 atom stereocenters. The van der Waals surface area contributed by atoms with Crippen LogP contribution in [0.5, 0.6) is 5.88 Å². The molecule has 27 heavy (non-hydrogen) atoms. The lowest BCUT2D eigenvalue weighted by atomic mass is 10.3. The highest BCUT2D eigenvalue weighted by Crippen LogP contribution is 2.26. The molecule has 1 heterocycles. The van der Waals surface area contributed by atoms with Crippen LogP contribution in [0.3, 0.4) is 0 Å². The Bertz CT molecular complexity index is 975. The van der Waals surface area contributed by atoms with Crippen molar-refractivity contribution in [3.63, 3.8) is 0 Å². The Morgan fingerprint density at radius 1 is 1.22 bits per heavy atom. The van der Waals surface area contributed by atoms with E-state index in [0.29, 0.717) is 0 Å². The minimum Gasteiger partial charge on any atom is -0.475 e. The fourth-order valence-electron chi connectivity index (χ4n) is 1.87. The number of nitrogens with one attached hydrogen (secondary N) is 1. The van der Waals surface area contributed by atoms with Crippen molar-refractivity contribution in [1.82, 2.24) is 9.71 Å². The number of hydrogen-bond donors (Lipinski definition) is 1. The number of nitrogens with zero attached hydrogens (tertiary/aromatic N) is 2. The predicted octanol–water partition coefficient (Wildman–Crippen LogP) is 2.81. The van der Waals surface area contributed by atoms with Crippen LogP contribution in [0.1, 0.15) is 6.42 Å². The van der Waals surface area contributed by atoms with Gasteiger partial charge in [-0.2, -0.15) is 9.37 Å². The molecule has 1 N–H and O–H groups in total. The van der Waals surface area contributed by atoms with Crippen LogP contribution >= 0.6 is 11.6 Å². The largest absolute Gasteiger partial charge is 0.475 e. The molecule has 0 fully saturated rings. The van der Waals surface area contributed by atoms with E-state index in [9.17, 15) is 31.7 Å². The van der Waals surface area contributed by atoms with Crippen molar-refractivity contribution in [2.24, 2.45) is 0 Å². The van der Waals surface area contributed by atoms with E-state index in [1.807, 2.05) is 0 Å². The van der Waals surface area contributed by atoms with Gasteiger partial charge in [0, 0.05) is 24.7 Å². The summed E-state index contributed by atoms with van der Waals surface area (Å²) >= 11 is 5.77. The molecule has 2 aromatic rings. The summed E-state index contributed by atoms with van der Waals surface area (Å²) in [4.78, 5) is 12.4. The Hall–Kier alpha value is -2.44. The van der Waals surface area contributed by atoms with Gasteiger partial charge < -0.3 is 4.74 Å². The smallest absolute Gasteiger partial charge is 0.270 e. The highest BCUT2D eigenvalue weighted by Gasteiger charge is 2.21. The fourth-order valence-corrected chi connectivity index (χ4v) is 3.46. The standard InChI is InChI=1S/C14H11ClF3N3O5S/c15-9-3-2-8(21(22)23)6-12(9)27(24,25)19-4-1-5-26-14-11(17)7-10(16)13(18)20-14/h2-3,6-7,19H,1,4-5H2. The van der Waals surface area contributed by atoms with Crippen LogP contribution in [0.2, 0.25) is 5.02 Å². The van der Waals surface area contributed by atoms with Crippen LogP contribution in [-0.4, -0.2) is 31.5 Å². The van der Waals surface area contributed by atoms with Crippen LogP contribution in [0.4, 0.5) is 18.9 Å². The molecule has 1 aromatic heterocycles. The first-order valence-corrected chi connectivity index (χ1v) is 9.06. The van der Waals surface area contributed by atoms with E-state index in [-0.39, 0.29) is 30.7 Å². The molecule has 0 spiro atoms. The molecule has 146 valence electrons. The Morgan fingerprint density at radius 2 is 1.93 bits per heavy atom. The average Bonchev–Trinajstić information content (AvgIpc) is 2.58. The molecule has 0 aliphatic carbocycles. The minimum absolute atomic E-state index is 0.00584. The van der Waals surface area contributed by atoms with Gasteiger partial charge in [-0.3, -0.25) is 10.1 Å². The first kappa shape index (κ1) is 20.9. The van der Waals surface area contributed by atoms with Gasteiger partial charge in [-0.15, -0.1) is 0 Å². The number of pyridine rings is 1. The number of benzene rings is 1. The van der Waals surface area contributed by atoms with Crippen molar-refractivity contribution >= 4 is 27.3 Å².